The van der Waals surface area contributed by atoms with Crippen molar-refractivity contribution in [2.45, 2.75) is 26.3 Å². The van der Waals surface area contributed by atoms with Gasteiger partial charge in [-0.1, -0.05) is 20.3 Å². The summed E-state index contributed by atoms with van der Waals surface area (Å²) in [6.07, 6.45) is 0.765. The third-order valence-corrected chi connectivity index (χ3v) is 5.29. The van der Waals surface area contributed by atoms with Crippen LogP contribution in [0.1, 0.15) is 20.3 Å². The molecular weight excluding hydrogens is 364 g/mol. The molecule has 0 aromatic heterocycles. The number of anilines is 1. The number of non-ortho nitro benzene ring substituents is 1. The molecule has 1 aromatic rings. The Morgan fingerprint density at radius 1 is 1.29 bits per heavy atom. The van der Waals surface area contributed by atoms with Gasteiger partial charge < -0.3 is 19.9 Å². The number of nitro groups is 1. The van der Waals surface area contributed by atoms with E-state index in [1.807, 2.05) is 13.8 Å². The molecule has 154 valence electrons. The van der Waals surface area contributed by atoms with E-state index < -0.39 is 16.9 Å². The van der Waals surface area contributed by atoms with Crippen LogP contribution in [0.3, 0.4) is 0 Å². The van der Waals surface area contributed by atoms with Gasteiger partial charge in [-0.2, -0.15) is 0 Å². The number of ether oxygens (including phenoxy) is 1. The first-order valence-corrected chi connectivity index (χ1v) is 9.55. The van der Waals surface area contributed by atoms with Gasteiger partial charge in [0.05, 0.1) is 38.2 Å². The number of carbonyl (C=O) groups excluding carboxylic acids is 2. The van der Waals surface area contributed by atoms with E-state index >= 15 is 0 Å². The zero-order chi connectivity index (χ0) is 20.7. The molecule has 1 heterocycles. The van der Waals surface area contributed by atoms with Crippen molar-refractivity contribution in [3.05, 3.63) is 34.4 Å². The Hall–Kier alpha value is -2.68. The molecule has 1 aliphatic rings. The third kappa shape index (κ3) is 5.66. The molecule has 1 saturated heterocycles. The summed E-state index contributed by atoms with van der Waals surface area (Å²) in [7, 11) is 1.33. The van der Waals surface area contributed by atoms with E-state index in [2.05, 4.69) is 10.2 Å². The van der Waals surface area contributed by atoms with Gasteiger partial charge >= 0.3 is 5.97 Å². The number of piperazine rings is 1. The minimum atomic E-state index is -0.622. The highest BCUT2D eigenvalue weighted by Crippen LogP contribution is 2.19. The lowest BCUT2D eigenvalue weighted by atomic mass is 9.99. The Kier molecular flexibility index (Phi) is 7.74. The van der Waals surface area contributed by atoms with E-state index in [9.17, 15) is 19.7 Å². The van der Waals surface area contributed by atoms with Crippen molar-refractivity contribution in [3.63, 3.8) is 0 Å². The fourth-order valence-corrected chi connectivity index (χ4v) is 3.29. The predicted molar refractivity (Wildman–Crippen MR) is 104 cm³/mol. The van der Waals surface area contributed by atoms with Crippen molar-refractivity contribution < 1.29 is 24.1 Å². The lowest BCUT2D eigenvalue weighted by molar-refractivity contribution is -0.892. The highest BCUT2D eigenvalue weighted by molar-refractivity contribution is 5.85. The predicted octanol–water partition coefficient (Wildman–Crippen LogP) is 0.00360. The number of nitro benzene ring substituents is 1. The molecule has 0 aliphatic carbocycles. The van der Waals surface area contributed by atoms with Crippen molar-refractivity contribution in [1.29, 1.82) is 0 Å². The Morgan fingerprint density at radius 2 is 1.89 bits per heavy atom. The van der Waals surface area contributed by atoms with Gasteiger partial charge in [0.2, 0.25) is 0 Å². The molecule has 0 unspecified atom stereocenters. The van der Waals surface area contributed by atoms with Crippen molar-refractivity contribution in [1.82, 2.24) is 5.32 Å². The van der Waals surface area contributed by atoms with Gasteiger partial charge in [-0.25, -0.2) is 4.79 Å². The van der Waals surface area contributed by atoms with Gasteiger partial charge in [0.1, 0.15) is 6.04 Å². The summed E-state index contributed by atoms with van der Waals surface area (Å²) in [4.78, 5) is 38.0. The van der Waals surface area contributed by atoms with E-state index in [0.29, 0.717) is 6.54 Å². The average molecular weight is 393 g/mol. The summed E-state index contributed by atoms with van der Waals surface area (Å²) in [5.41, 5.74) is 1.02. The Balaban J connectivity index is 1.85. The highest BCUT2D eigenvalue weighted by atomic mass is 16.6. The van der Waals surface area contributed by atoms with E-state index in [1.54, 1.807) is 12.1 Å². The minimum Gasteiger partial charge on any atom is -0.467 e. The van der Waals surface area contributed by atoms with Crippen LogP contribution in [-0.4, -0.2) is 62.7 Å². The molecule has 9 nitrogen and oxygen atoms in total. The first kappa shape index (κ1) is 21.6. The first-order chi connectivity index (χ1) is 13.3. The van der Waals surface area contributed by atoms with Gasteiger partial charge in [0.15, 0.2) is 6.54 Å². The highest BCUT2D eigenvalue weighted by Gasteiger charge is 2.29. The van der Waals surface area contributed by atoms with Gasteiger partial charge in [0, 0.05) is 17.8 Å². The maximum absolute atomic E-state index is 12.4. The van der Waals surface area contributed by atoms with Crippen LogP contribution in [0.4, 0.5) is 11.4 Å². The maximum atomic E-state index is 12.4. The van der Waals surface area contributed by atoms with Gasteiger partial charge in [-0.05, 0) is 18.1 Å². The molecule has 0 bridgehead atoms. The fourth-order valence-electron chi connectivity index (χ4n) is 3.29. The molecule has 2 N–H and O–H groups in total. The molecule has 0 spiro atoms. The molecule has 28 heavy (non-hydrogen) atoms. The lowest BCUT2D eigenvalue weighted by Crippen LogP contribution is -3.16. The minimum absolute atomic E-state index is 0.00499. The lowest BCUT2D eigenvalue weighted by Gasteiger charge is -2.33. The summed E-state index contributed by atoms with van der Waals surface area (Å²) in [5, 5.41) is 13.6. The topological polar surface area (TPSA) is 106 Å². The van der Waals surface area contributed by atoms with Crippen LogP contribution in [0.15, 0.2) is 24.3 Å². The van der Waals surface area contributed by atoms with Crippen LogP contribution in [0.2, 0.25) is 0 Å². The molecule has 1 aliphatic heterocycles. The number of carbonyl (C=O) groups is 2. The maximum Gasteiger partial charge on any atom is 0.328 e. The molecule has 1 amide bonds. The zero-order valence-corrected chi connectivity index (χ0v) is 16.6. The number of rotatable bonds is 8. The van der Waals surface area contributed by atoms with Crippen LogP contribution in [0.5, 0.6) is 0 Å². The number of nitrogens with one attached hydrogen (secondary N) is 2. The summed E-state index contributed by atoms with van der Waals surface area (Å²) in [5.74, 6) is -0.569. The SMILES string of the molecule is CC[C@H](C)[C@@H](NC(=O)C[NH+]1CCN(c2ccc([N+](=O)[O-])cc2)CC1)C(=O)OC. The molecular formula is C19H29N4O5+. The molecule has 1 fully saturated rings. The Labute approximate surface area is 164 Å². The molecule has 0 radical (unpaired) electrons. The normalized spacial score (nSPS) is 16.9. The second kappa shape index (κ2) is 10.0. The van der Waals surface area contributed by atoms with Crippen LogP contribution >= 0.6 is 0 Å². The van der Waals surface area contributed by atoms with E-state index in [1.165, 1.54) is 19.2 Å². The molecule has 2 atom stereocenters. The van der Waals surface area contributed by atoms with Gasteiger partial charge in [0.25, 0.3) is 11.6 Å². The van der Waals surface area contributed by atoms with Gasteiger partial charge in [-0.15, -0.1) is 0 Å². The van der Waals surface area contributed by atoms with Crippen molar-refractivity contribution >= 4 is 23.3 Å². The molecule has 0 saturated carbocycles. The standard InChI is InChI=1S/C19H28N4O5/c1-4-14(2)18(19(25)28-3)20-17(24)13-21-9-11-22(12-10-21)15-5-7-16(8-6-15)23(26)27/h5-8,14,18H,4,9-13H2,1-3H3,(H,20,24)/p+1/t14-,18+/m0/s1. The number of esters is 1. The molecule has 2 rings (SSSR count). The quantitative estimate of drug-likeness (QED) is 0.366. The third-order valence-electron chi connectivity index (χ3n) is 5.29. The van der Waals surface area contributed by atoms with Crippen molar-refractivity contribution in [2.75, 3.05) is 44.7 Å². The molecule has 1 aromatic carbocycles. The van der Waals surface area contributed by atoms with Crippen molar-refractivity contribution in [2.24, 2.45) is 5.92 Å². The van der Waals surface area contributed by atoms with Gasteiger partial charge in [-0.3, -0.25) is 14.9 Å². The van der Waals surface area contributed by atoms with Crippen LogP contribution in [0, 0.1) is 16.0 Å². The Morgan fingerprint density at radius 3 is 2.39 bits per heavy atom. The number of nitrogens with zero attached hydrogens (tertiary/aromatic N) is 2. The fraction of sp³-hybridized carbons (Fsp3) is 0.579. The summed E-state index contributed by atoms with van der Waals surface area (Å²) >= 11 is 0. The molecule has 9 heteroatoms. The van der Waals surface area contributed by atoms with Crippen molar-refractivity contribution in [3.8, 4) is 0 Å². The van der Waals surface area contributed by atoms with Crippen LogP contribution in [-0.2, 0) is 14.3 Å². The van der Waals surface area contributed by atoms with E-state index in [-0.39, 0.29) is 17.5 Å². The van der Waals surface area contributed by atoms with E-state index in [0.717, 1.165) is 43.2 Å². The number of benzene rings is 1. The van der Waals surface area contributed by atoms with Crippen LogP contribution in [0.25, 0.3) is 0 Å². The van der Waals surface area contributed by atoms with E-state index in [4.69, 9.17) is 4.74 Å². The number of quaternary nitrogens is 1. The zero-order valence-electron chi connectivity index (χ0n) is 16.6. The Bertz CT molecular complexity index is 686. The monoisotopic (exact) mass is 393 g/mol. The smallest absolute Gasteiger partial charge is 0.328 e. The number of hydrogen-bond donors (Lipinski definition) is 2. The average Bonchev–Trinajstić information content (AvgIpc) is 2.71. The largest absolute Gasteiger partial charge is 0.467 e. The number of amides is 1. The first-order valence-electron chi connectivity index (χ1n) is 9.55. The second-order valence-corrected chi connectivity index (χ2v) is 7.14. The summed E-state index contributed by atoms with van der Waals surface area (Å²) < 4.78 is 4.80. The number of methoxy groups -OCH3 is 1. The summed E-state index contributed by atoms with van der Waals surface area (Å²) in [6.45, 7) is 7.25. The number of hydrogen-bond acceptors (Lipinski definition) is 6. The summed E-state index contributed by atoms with van der Waals surface area (Å²) in [6, 6.07) is 5.89. The second-order valence-electron chi connectivity index (χ2n) is 7.14. The van der Waals surface area contributed by atoms with Crippen LogP contribution < -0.4 is 15.1 Å².